The van der Waals surface area contributed by atoms with Crippen LogP contribution in [0.4, 0.5) is 5.69 Å². The molecule has 2 aromatic carbocycles. The van der Waals surface area contributed by atoms with Gasteiger partial charge in [0.2, 0.25) is 0 Å². The maximum absolute atomic E-state index is 11.8. The zero-order chi connectivity index (χ0) is 17.6. The van der Waals surface area contributed by atoms with Crippen LogP contribution in [0.2, 0.25) is 0 Å². The van der Waals surface area contributed by atoms with Crippen LogP contribution in [0, 0.1) is 20.8 Å². The number of β-amino-alcohol motifs (C(OH)–C–C–N with tert-alkyl or cyclic N) is 1. The third kappa shape index (κ3) is 2.58. The Balaban J connectivity index is 1.85. The smallest absolute Gasteiger partial charge is 0.271 e. The van der Waals surface area contributed by atoms with Crippen molar-refractivity contribution in [2.24, 2.45) is 0 Å². The maximum atomic E-state index is 11.8. The summed E-state index contributed by atoms with van der Waals surface area (Å²) in [6.07, 6.45) is 3.36. The molecule has 3 heteroatoms. The van der Waals surface area contributed by atoms with E-state index in [-0.39, 0.29) is 0 Å². The van der Waals surface area contributed by atoms with Gasteiger partial charge >= 0.3 is 0 Å². The first-order chi connectivity index (χ1) is 12.0. The highest BCUT2D eigenvalue weighted by Crippen LogP contribution is 2.37. The summed E-state index contributed by atoms with van der Waals surface area (Å²) in [7, 11) is 0. The molecule has 1 unspecified atom stereocenters. The molecule has 0 bridgehead atoms. The summed E-state index contributed by atoms with van der Waals surface area (Å²) in [5.41, 5.74) is 4.96. The topological polar surface area (TPSA) is 26.5 Å². The van der Waals surface area contributed by atoms with Crippen molar-refractivity contribution in [2.45, 2.75) is 45.8 Å². The number of amidine groups is 1. The van der Waals surface area contributed by atoms with Crippen LogP contribution in [0.5, 0.6) is 0 Å². The molecule has 1 N–H and O–H groups in total. The van der Waals surface area contributed by atoms with Gasteiger partial charge in [0, 0.05) is 12.0 Å². The molecule has 0 radical (unpaired) electrons. The van der Waals surface area contributed by atoms with Gasteiger partial charge in [-0.1, -0.05) is 42.0 Å². The van der Waals surface area contributed by atoms with Crippen LogP contribution >= 0.6 is 0 Å². The van der Waals surface area contributed by atoms with Crippen LogP contribution in [0.3, 0.4) is 0 Å². The van der Waals surface area contributed by atoms with Gasteiger partial charge < -0.3 is 5.11 Å². The van der Waals surface area contributed by atoms with Gasteiger partial charge in [0.1, 0.15) is 5.69 Å². The summed E-state index contributed by atoms with van der Waals surface area (Å²) in [4.78, 5) is 2.34. The molecule has 1 atom stereocenters. The van der Waals surface area contributed by atoms with E-state index in [9.17, 15) is 5.11 Å². The van der Waals surface area contributed by atoms with Gasteiger partial charge in [0.15, 0.2) is 6.54 Å². The van der Waals surface area contributed by atoms with Crippen molar-refractivity contribution in [3.05, 3.63) is 64.7 Å². The highest BCUT2D eigenvalue weighted by molar-refractivity contribution is 5.96. The van der Waals surface area contributed by atoms with E-state index in [1.54, 1.807) is 0 Å². The number of nitrogens with zero attached hydrogens (tertiary/aromatic N) is 2. The predicted molar refractivity (Wildman–Crippen MR) is 102 cm³/mol. The first-order valence-corrected chi connectivity index (χ1v) is 9.27. The highest BCUT2D eigenvalue weighted by atomic mass is 16.3. The molecule has 0 saturated carbocycles. The molecule has 130 valence electrons. The molecule has 4 rings (SSSR count). The summed E-state index contributed by atoms with van der Waals surface area (Å²) >= 11 is 0. The first-order valence-electron chi connectivity index (χ1n) is 9.27. The van der Waals surface area contributed by atoms with Crippen molar-refractivity contribution in [1.29, 1.82) is 0 Å². The van der Waals surface area contributed by atoms with Gasteiger partial charge in [-0.05, 0) is 50.8 Å². The largest absolute Gasteiger partial charge is 0.346 e. The minimum atomic E-state index is -0.949. The standard InChI is InChI=1S/C22H27N2O/c1-16-11-12-19(18(3)14-16)22(25)15-23(20-9-5-4-8-17(20)2)21-10-6-7-13-24(21)22/h4-5,8-9,11-12,14,25H,6-7,10,13,15H2,1-3H3/q+1. The lowest BCUT2D eigenvalue weighted by Gasteiger charge is -2.26. The monoisotopic (exact) mass is 335 g/mol. The molecule has 2 aliphatic heterocycles. The van der Waals surface area contributed by atoms with Crippen molar-refractivity contribution in [2.75, 3.05) is 18.0 Å². The van der Waals surface area contributed by atoms with Crippen LogP contribution in [-0.4, -0.2) is 28.6 Å². The molecule has 0 aliphatic carbocycles. The zero-order valence-electron chi connectivity index (χ0n) is 15.4. The lowest BCUT2D eigenvalue weighted by molar-refractivity contribution is -0.661. The van der Waals surface area contributed by atoms with Crippen molar-refractivity contribution >= 4 is 11.5 Å². The van der Waals surface area contributed by atoms with E-state index in [0.29, 0.717) is 6.54 Å². The highest BCUT2D eigenvalue weighted by Gasteiger charge is 2.53. The van der Waals surface area contributed by atoms with Gasteiger partial charge in [0.25, 0.3) is 11.6 Å². The maximum Gasteiger partial charge on any atom is 0.271 e. The zero-order valence-corrected chi connectivity index (χ0v) is 15.4. The number of aliphatic hydroxyl groups is 1. The van der Waals surface area contributed by atoms with E-state index in [1.807, 2.05) is 0 Å². The van der Waals surface area contributed by atoms with Crippen molar-refractivity contribution in [3.63, 3.8) is 0 Å². The Labute approximate surface area is 150 Å². The number of para-hydroxylation sites is 1. The Bertz CT molecular complexity index is 855. The number of rotatable bonds is 2. The summed E-state index contributed by atoms with van der Waals surface area (Å²) in [5.74, 6) is 1.27. The predicted octanol–water partition coefficient (Wildman–Crippen LogP) is 3.87. The van der Waals surface area contributed by atoms with E-state index in [2.05, 4.69) is 72.7 Å². The van der Waals surface area contributed by atoms with E-state index in [1.165, 1.54) is 34.6 Å². The molecule has 0 amide bonds. The van der Waals surface area contributed by atoms with Gasteiger partial charge in [-0.15, -0.1) is 0 Å². The van der Waals surface area contributed by atoms with Crippen molar-refractivity contribution in [1.82, 2.24) is 0 Å². The number of aryl methyl sites for hydroxylation is 3. The lowest BCUT2D eigenvalue weighted by atomic mass is 9.95. The van der Waals surface area contributed by atoms with Gasteiger partial charge in [-0.25, -0.2) is 9.48 Å². The SMILES string of the molecule is Cc1ccc(C2(O)CN(c3ccccc3C)C3=[N+]2CCCC3)c(C)c1. The minimum Gasteiger partial charge on any atom is -0.346 e. The molecular weight excluding hydrogens is 308 g/mol. The summed E-state index contributed by atoms with van der Waals surface area (Å²) in [6, 6.07) is 14.9. The van der Waals surface area contributed by atoms with E-state index in [0.717, 1.165) is 24.9 Å². The van der Waals surface area contributed by atoms with E-state index in [4.69, 9.17) is 0 Å². The van der Waals surface area contributed by atoms with Crippen LogP contribution < -0.4 is 4.90 Å². The summed E-state index contributed by atoms with van der Waals surface area (Å²) in [5, 5.41) is 11.8. The normalized spacial score (nSPS) is 23.1. The van der Waals surface area contributed by atoms with Crippen molar-refractivity contribution < 1.29 is 9.68 Å². The Morgan fingerprint density at radius 2 is 1.80 bits per heavy atom. The quantitative estimate of drug-likeness (QED) is 0.843. The molecule has 0 spiro atoms. The van der Waals surface area contributed by atoms with Crippen LogP contribution in [0.15, 0.2) is 42.5 Å². The molecule has 2 aromatic rings. The molecule has 0 saturated heterocycles. The van der Waals surface area contributed by atoms with Gasteiger partial charge in [-0.2, -0.15) is 0 Å². The molecule has 0 aromatic heterocycles. The van der Waals surface area contributed by atoms with Crippen LogP contribution in [-0.2, 0) is 5.72 Å². The molecular formula is C22H27N2O+. The van der Waals surface area contributed by atoms with Gasteiger partial charge in [-0.3, -0.25) is 0 Å². The number of benzene rings is 2. The van der Waals surface area contributed by atoms with Crippen LogP contribution in [0.25, 0.3) is 0 Å². The van der Waals surface area contributed by atoms with Crippen molar-refractivity contribution in [3.8, 4) is 0 Å². The average Bonchev–Trinajstić information content (AvgIpc) is 2.89. The summed E-state index contributed by atoms with van der Waals surface area (Å²) < 4.78 is 2.25. The molecule has 0 fully saturated rings. The average molecular weight is 335 g/mol. The summed E-state index contributed by atoms with van der Waals surface area (Å²) in [6.45, 7) is 7.88. The number of hydrogen-bond donors (Lipinski definition) is 1. The third-order valence-electron chi connectivity index (χ3n) is 5.70. The molecule has 3 nitrogen and oxygen atoms in total. The molecule has 25 heavy (non-hydrogen) atoms. The Kier molecular flexibility index (Phi) is 3.92. The first kappa shape index (κ1) is 16.3. The second-order valence-electron chi connectivity index (χ2n) is 7.53. The molecule has 2 heterocycles. The lowest BCUT2D eigenvalue weighted by Crippen LogP contribution is -2.42. The fourth-order valence-electron chi connectivity index (χ4n) is 4.48. The Morgan fingerprint density at radius 1 is 1.00 bits per heavy atom. The molecule has 2 aliphatic rings. The second kappa shape index (κ2) is 5.99. The fourth-order valence-corrected chi connectivity index (χ4v) is 4.48. The van der Waals surface area contributed by atoms with Gasteiger partial charge in [0.05, 0.1) is 6.54 Å². The van der Waals surface area contributed by atoms with Crippen LogP contribution in [0.1, 0.15) is 41.5 Å². The Hall–Kier alpha value is -2.13. The van der Waals surface area contributed by atoms with E-state index < -0.39 is 5.72 Å². The fraction of sp³-hybridized carbons (Fsp3) is 0.409. The number of anilines is 1. The number of hydrogen-bond acceptors (Lipinski definition) is 2. The Morgan fingerprint density at radius 3 is 2.56 bits per heavy atom. The third-order valence-corrected chi connectivity index (χ3v) is 5.70. The van der Waals surface area contributed by atoms with E-state index >= 15 is 0 Å². The second-order valence-corrected chi connectivity index (χ2v) is 7.53. The minimum absolute atomic E-state index is 0.594.